The van der Waals surface area contributed by atoms with Crippen LogP contribution in [0.3, 0.4) is 0 Å². The van der Waals surface area contributed by atoms with E-state index in [1.165, 1.54) is 13.1 Å². The van der Waals surface area contributed by atoms with Crippen LogP contribution in [0.25, 0.3) is 0 Å². The van der Waals surface area contributed by atoms with Gasteiger partial charge in [-0.1, -0.05) is 12.2 Å². The first-order valence-corrected chi connectivity index (χ1v) is 2.98. The number of hydrogen-bond donors (Lipinski definition) is 1. The van der Waals surface area contributed by atoms with Crippen LogP contribution in [0.2, 0.25) is 0 Å². The van der Waals surface area contributed by atoms with Crippen LogP contribution >= 0.6 is 12.2 Å². The van der Waals surface area contributed by atoms with E-state index in [0.717, 1.165) is 4.86 Å². The summed E-state index contributed by atoms with van der Waals surface area (Å²) >= 11 is 4.71. The Morgan fingerprint density at radius 2 is 2.11 bits per heavy atom. The third kappa shape index (κ3) is 7.30. The second-order valence-corrected chi connectivity index (χ2v) is 2.29. The Bertz CT molecular complexity index is 151. The molecule has 0 aromatic heterocycles. The lowest BCUT2D eigenvalue weighted by Gasteiger charge is -1.88. The summed E-state index contributed by atoms with van der Waals surface area (Å²) in [5.74, 6) is -0.0810. The second-order valence-electron chi connectivity index (χ2n) is 1.64. The van der Waals surface area contributed by atoms with Crippen molar-refractivity contribution in [2.24, 2.45) is 0 Å². The topological polar surface area (TPSA) is 29.1 Å². The summed E-state index contributed by atoms with van der Waals surface area (Å²) in [5, 5.41) is 2.47. The largest absolute Gasteiger partial charge is 0.333 e. The first kappa shape index (κ1) is 8.30. The number of nitrogens with one attached hydrogen (secondary N) is 1. The minimum Gasteiger partial charge on any atom is -0.333 e. The van der Waals surface area contributed by atoms with Crippen molar-refractivity contribution in [2.75, 3.05) is 0 Å². The van der Waals surface area contributed by atoms with E-state index in [2.05, 4.69) is 5.32 Å². The highest BCUT2D eigenvalue weighted by molar-refractivity contribution is 7.80. The summed E-state index contributed by atoms with van der Waals surface area (Å²) in [7, 11) is 0. The van der Waals surface area contributed by atoms with Crippen molar-refractivity contribution in [1.29, 1.82) is 0 Å². The van der Waals surface area contributed by atoms with E-state index in [-0.39, 0.29) is 5.91 Å². The average molecular weight is 143 g/mol. The molecule has 0 atom stereocenters. The molecule has 0 unspecified atom stereocenters. The van der Waals surface area contributed by atoms with Gasteiger partial charge >= 0.3 is 0 Å². The van der Waals surface area contributed by atoms with E-state index in [1.54, 1.807) is 13.0 Å². The van der Waals surface area contributed by atoms with Crippen LogP contribution in [-0.4, -0.2) is 10.8 Å². The van der Waals surface area contributed by atoms with Gasteiger partial charge in [0, 0.05) is 18.0 Å². The molecule has 0 heterocycles. The molecular weight excluding hydrogens is 134 g/mol. The van der Waals surface area contributed by atoms with Gasteiger partial charge in [-0.3, -0.25) is 4.79 Å². The molecule has 0 saturated carbocycles. The summed E-state index contributed by atoms with van der Waals surface area (Å²) in [4.78, 5) is 11.0. The molecule has 0 bridgehead atoms. The van der Waals surface area contributed by atoms with Gasteiger partial charge in [0.1, 0.15) is 0 Å². The third-order valence-electron chi connectivity index (χ3n) is 0.605. The van der Waals surface area contributed by atoms with Gasteiger partial charge in [-0.2, -0.15) is 0 Å². The highest BCUT2D eigenvalue weighted by Crippen LogP contribution is 1.75. The smallest absolute Gasteiger partial charge is 0.220 e. The Morgan fingerprint density at radius 3 is 2.44 bits per heavy atom. The molecule has 0 saturated heterocycles. The Morgan fingerprint density at radius 1 is 1.56 bits per heavy atom. The number of thiocarbonyl (C=S) groups is 1. The predicted molar refractivity (Wildman–Crippen MR) is 41.2 cm³/mol. The SMILES string of the molecule is CC(=O)NC=CC(C)=S. The van der Waals surface area contributed by atoms with E-state index in [4.69, 9.17) is 12.2 Å². The Kier molecular flexibility index (Phi) is 3.88. The van der Waals surface area contributed by atoms with Crippen molar-refractivity contribution < 1.29 is 4.79 Å². The van der Waals surface area contributed by atoms with Crippen LogP contribution in [0, 0.1) is 0 Å². The van der Waals surface area contributed by atoms with Gasteiger partial charge in [-0.25, -0.2) is 0 Å². The summed E-state index contributed by atoms with van der Waals surface area (Å²) in [5.41, 5.74) is 0. The van der Waals surface area contributed by atoms with E-state index < -0.39 is 0 Å². The zero-order valence-electron chi connectivity index (χ0n) is 5.47. The molecule has 0 aliphatic carbocycles. The molecule has 50 valence electrons. The standard InChI is InChI=1S/C6H9NOS/c1-5(9)3-4-7-6(2)8/h3-4H,1-2H3,(H,7,8). The number of rotatable bonds is 2. The van der Waals surface area contributed by atoms with Crippen molar-refractivity contribution in [2.45, 2.75) is 13.8 Å². The maximum Gasteiger partial charge on any atom is 0.220 e. The number of carbonyl (C=O) groups is 1. The molecule has 0 fully saturated rings. The van der Waals surface area contributed by atoms with Crippen molar-refractivity contribution in [3.8, 4) is 0 Å². The average Bonchev–Trinajstić information content (AvgIpc) is 1.63. The molecule has 0 aliphatic rings. The monoisotopic (exact) mass is 143 g/mol. The highest BCUT2D eigenvalue weighted by Gasteiger charge is 1.81. The van der Waals surface area contributed by atoms with Crippen LogP contribution < -0.4 is 5.32 Å². The Hall–Kier alpha value is -0.700. The number of allylic oxidation sites excluding steroid dienone is 1. The fraction of sp³-hybridized carbons (Fsp3) is 0.333. The van der Waals surface area contributed by atoms with Gasteiger partial charge < -0.3 is 5.32 Å². The number of hydrogen-bond acceptors (Lipinski definition) is 2. The molecule has 2 nitrogen and oxygen atoms in total. The summed E-state index contributed by atoms with van der Waals surface area (Å²) in [6.45, 7) is 3.23. The zero-order chi connectivity index (χ0) is 7.28. The minimum atomic E-state index is -0.0810. The fourth-order valence-electron chi connectivity index (χ4n) is 0.276. The van der Waals surface area contributed by atoms with Gasteiger partial charge in [0.05, 0.1) is 0 Å². The molecule has 1 N–H and O–H groups in total. The van der Waals surface area contributed by atoms with Gasteiger partial charge in [0.15, 0.2) is 0 Å². The van der Waals surface area contributed by atoms with Gasteiger partial charge in [-0.15, -0.1) is 0 Å². The summed E-state index contributed by atoms with van der Waals surface area (Å²) in [6, 6.07) is 0. The minimum absolute atomic E-state index is 0.0810. The number of amides is 1. The van der Waals surface area contributed by atoms with Gasteiger partial charge in [0.25, 0.3) is 0 Å². The van der Waals surface area contributed by atoms with Crippen molar-refractivity contribution in [1.82, 2.24) is 5.32 Å². The Labute approximate surface area is 59.9 Å². The molecule has 0 aromatic rings. The highest BCUT2D eigenvalue weighted by atomic mass is 32.1. The van der Waals surface area contributed by atoms with Crippen LogP contribution in [0.5, 0.6) is 0 Å². The molecule has 0 radical (unpaired) electrons. The van der Waals surface area contributed by atoms with Crippen LogP contribution in [-0.2, 0) is 4.79 Å². The molecule has 1 amide bonds. The predicted octanol–water partition coefficient (Wildman–Crippen LogP) is 1.03. The van der Waals surface area contributed by atoms with Crippen molar-refractivity contribution in [3.05, 3.63) is 12.3 Å². The molecule has 3 heteroatoms. The molecular formula is C6H9NOS. The van der Waals surface area contributed by atoms with Crippen LogP contribution in [0.4, 0.5) is 0 Å². The van der Waals surface area contributed by atoms with Gasteiger partial charge in [-0.05, 0) is 13.0 Å². The Balaban J connectivity index is 3.48. The van der Waals surface area contributed by atoms with E-state index >= 15 is 0 Å². The number of carbonyl (C=O) groups excluding carboxylic acids is 1. The maximum atomic E-state index is 10.2. The quantitative estimate of drug-likeness (QED) is 0.462. The van der Waals surface area contributed by atoms with Crippen LogP contribution in [0.15, 0.2) is 12.3 Å². The summed E-state index contributed by atoms with van der Waals surface area (Å²) in [6.07, 6.45) is 3.20. The van der Waals surface area contributed by atoms with Gasteiger partial charge in [0.2, 0.25) is 5.91 Å². The van der Waals surface area contributed by atoms with E-state index in [1.807, 2.05) is 0 Å². The van der Waals surface area contributed by atoms with Crippen LogP contribution in [0.1, 0.15) is 13.8 Å². The lowest BCUT2D eigenvalue weighted by atomic mass is 10.5. The molecule has 0 spiro atoms. The summed E-state index contributed by atoms with van der Waals surface area (Å²) < 4.78 is 0. The normalized spacial score (nSPS) is 9.56. The maximum absolute atomic E-state index is 10.2. The second kappa shape index (κ2) is 4.21. The molecule has 0 aliphatic heterocycles. The van der Waals surface area contributed by atoms with Crippen molar-refractivity contribution >= 4 is 23.0 Å². The van der Waals surface area contributed by atoms with Crippen molar-refractivity contribution in [3.63, 3.8) is 0 Å². The molecule has 0 rings (SSSR count). The van der Waals surface area contributed by atoms with E-state index in [9.17, 15) is 4.79 Å². The fourth-order valence-corrected chi connectivity index (χ4v) is 0.344. The first-order chi connectivity index (χ1) is 4.13. The lowest BCUT2D eigenvalue weighted by Crippen LogP contribution is -2.11. The molecule has 9 heavy (non-hydrogen) atoms. The lowest BCUT2D eigenvalue weighted by molar-refractivity contribution is -0.118. The van der Waals surface area contributed by atoms with E-state index in [0.29, 0.717) is 0 Å². The first-order valence-electron chi connectivity index (χ1n) is 2.57. The molecule has 0 aromatic carbocycles. The zero-order valence-corrected chi connectivity index (χ0v) is 6.29. The third-order valence-corrected chi connectivity index (χ3v) is 0.741.